The summed E-state index contributed by atoms with van der Waals surface area (Å²) in [6.07, 6.45) is 0. The second-order valence-electron chi connectivity index (χ2n) is 3.20. The highest BCUT2D eigenvalue weighted by Crippen LogP contribution is 2.35. The molecule has 2 rings (SSSR count). The van der Waals surface area contributed by atoms with E-state index in [0.29, 0.717) is 10.8 Å². The van der Waals surface area contributed by atoms with Crippen molar-refractivity contribution in [2.75, 3.05) is 0 Å². The monoisotopic (exact) mass is 330 g/mol. The molecule has 0 spiro atoms. The molecule has 5 heteroatoms. The quantitative estimate of drug-likeness (QED) is 0.831. The Morgan fingerprint density at radius 3 is 2.56 bits per heavy atom. The van der Waals surface area contributed by atoms with Crippen LogP contribution < -0.4 is 3.07 Å². The molecule has 0 radical (unpaired) electrons. The number of benzene rings is 2. The third kappa shape index (κ3) is 1.67. The molecule has 2 aromatic carbocycles. The molecule has 2 N–H and O–H groups in total. The highest BCUT2D eigenvalue weighted by Gasteiger charge is 2.15. The Balaban J connectivity index is 2.86. The number of hydrogen-bond donors (Lipinski definition) is 2. The van der Waals surface area contributed by atoms with Gasteiger partial charge in [0, 0.05) is 10.8 Å². The van der Waals surface area contributed by atoms with Gasteiger partial charge in [-0.15, -0.1) is 0 Å². The van der Waals surface area contributed by atoms with E-state index in [-0.39, 0.29) is 17.1 Å². The van der Waals surface area contributed by atoms with Crippen LogP contribution in [-0.2, 0) is 0 Å². The summed E-state index contributed by atoms with van der Waals surface area (Å²) >= 11 is 1.63. The zero-order chi connectivity index (χ0) is 11.7. The first-order valence-electron chi connectivity index (χ1n) is 4.41. The van der Waals surface area contributed by atoms with E-state index in [2.05, 4.69) is 0 Å². The summed E-state index contributed by atoms with van der Waals surface area (Å²) in [7, 11) is 0. The maximum Gasteiger partial charge on any atom is 0.339 e. The lowest BCUT2D eigenvalue weighted by molar-refractivity contribution is 0.0695. The minimum atomic E-state index is -1.06. The van der Waals surface area contributed by atoms with Gasteiger partial charge in [0.1, 0.15) is 11.3 Å². The van der Waals surface area contributed by atoms with Crippen molar-refractivity contribution in [2.45, 2.75) is 0 Å². The molecule has 0 bridgehead atoms. The molecule has 0 unspecified atom stereocenters. The van der Waals surface area contributed by atoms with Crippen LogP contribution in [0.1, 0.15) is 10.4 Å². The summed E-state index contributed by atoms with van der Waals surface area (Å²) in [5, 5.41) is 19.7. The van der Waals surface area contributed by atoms with Crippen LogP contribution in [0.15, 0.2) is 30.3 Å². The molecule has 0 fully saturated rings. The standard InChI is InChI=1S/C11H7IO4/c12-16-10-7-2-1-3-9(13)6(7)4-5-8(10)11(14)15/h1-5,13H,(H,14,15). The largest absolute Gasteiger partial charge is 0.507 e. The van der Waals surface area contributed by atoms with Gasteiger partial charge in [-0.2, -0.15) is 0 Å². The van der Waals surface area contributed by atoms with Gasteiger partial charge in [-0.1, -0.05) is 12.1 Å². The van der Waals surface area contributed by atoms with E-state index in [1.807, 2.05) is 0 Å². The van der Waals surface area contributed by atoms with Gasteiger partial charge in [-0.25, -0.2) is 4.79 Å². The summed E-state index contributed by atoms with van der Waals surface area (Å²) in [5.74, 6) is -0.706. The number of carboxylic acid groups (broad SMARTS) is 1. The first-order valence-corrected chi connectivity index (χ1v) is 5.30. The number of hydrogen-bond acceptors (Lipinski definition) is 3. The minimum absolute atomic E-state index is 0.0764. The molecule has 0 amide bonds. The smallest absolute Gasteiger partial charge is 0.339 e. The van der Waals surface area contributed by atoms with Crippen molar-refractivity contribution in [1.82, 2.24) is 0 Å². The summed E-state index contributed by atoms with van der Waals surface area (Å²) in [6.45, 7) is 0. The number of halogens is 1. The zero-order valence-corrected chi connectivity index (χ0v) is 10.1. The lowest BCUT2D eigenvalue weighted by atomic mass is 10.0. The van der Waals surface area contributed by atoms with Crippen LogP contribution >= 0.6 is 23.0 Å². The van der Waals surface area contributed by atoms with Crippen LogP contribution in [0.25, 0.3) is 10.8 Å². The van der Waals surface area contributed by atoms with E-state index < -0.39 is 5.97 Å². The third-order valence-corrected chi connectivity index (χ3v) is 2.74. The van der Waals surface area contributed by atoms with E-state index in [1.54, 1.807) is 47.3 Å². The maximum atomic E-state index is 11.0. The summed E-state index contributed by atoms with van der Waals surface area (Å²) in [5.41, 5.74) is 0.0764. The molecule has 2 aromatic rings. The van der Waals surface area contributed by atoms with Crippen molar-refractivity contribution in [3.63, 3.8) is 0 Å². The second kappa shape index (κ2) is 4.17. The lowest BCUT2D eigenvalue weighted by Crippen LogP contribution is -1.98. The average Bonchev–Trinajstić information content (AvgIpc) is 2.27. The Morgan fingerprint density at radius 2 is 1.94 bits per heavy atom. The Kier molecular flexibility index (Phi) is 2.86. The van der Waals surface area contributed by atoms with Crippen LogP contribution in [0.2, 0.25) is 0 Å². The second-order valence-corrected chi connectivity index (χ2v) is 3.64. The van der Waals surface area contributed by atoms with Gasteiger partial charge in [0.25, 0.3) is 0 Å². The van der Waals surface area contributed by atoms with Gasteiger partial charge < -0.3 is 13.3 Å². The SMILES string of the molecule is O=C(O)c1ccc2c(O)cccc2c1OI. The van der Waals surface area contributed by atoms with E-state index in [9.17, 15) is 9.90 Å². The Morgan fingerprint density at radius 1 is 1.19 bits per heavy atom. The Labute approximate surface area is 105 Å². The predicted octanol–water partition coefficient (Wildman–Crippen LogP) is 2.97. The number of phenols is 1. The summed E-state index contributed by atoms with van der Waals surface area (Å²) < 4.78 is 5.05. The molecule has 82 valence electrons. The van der Waals surface area contributed by atoms with Gasteiger partial charge in [0.15, 0.2) is 28.8 Å². The van der Waals surface area contributed by atoms with Crippen molar-refractivity contribution >= 4 is 39.7 Å². The zero-order valence-electron chi connectivity index (χ0n) is 7.98. The molecule has 16 heavy (non-hydrogen) atoms. The van der Waals surface area contributed by atoms with Crippen molar-refractivity contribution < 1.29 is 18.1 Å². The van der Waals surface area contributed by atoms with Crippen LogP contribution in [0.3, 0.4) is 0 Å². The fourth-order valence-corrected chi connectivity index (χ4v) is 2.04. The molecule has 0 saturated carbocycles. The Bertz CT molecular complexity index is 565. The van der Waals surface area contributed by atoms with Crippen LogP contribution in [0.4, 0.5) is 0 Å². The average molecular weight is 330 g/mol. The fourth-order valence-electron chi connectivity index (χ4n) is 1.57. The van der Waals surface area contributed by atoms with Crippen molar-refractivity contribution in [1.29, 1.82) is 0 Å². The van der Waals surface area contributed by atoms with Crippen molar-refractivity contribution in [3.05, 3.63) is 35.9 Å². The summed E-state index contributed by atoms with van der Waals surface area (Å²) in [6, 6.07) is 7.86. The molecule has 4 nitrogen and oxygen atoms in total. The lowest BCUT2D eigenvalue weighted by Gasteiger charge is -2.08. The molecule has 0 aromatic heterocycles. The number of carbonyl (C=O) groups is 1. The number of phenolic OH excluding ortho intramolecular Hbond substituents is 1. The van der Waals surface area contributed by atoms with E-state index >= 15 is 0 Å². The van der Waals surface area contributed by atoms with E-state index in [4.69, 9.17) is 8.17 Å². The summed E-state index contributed by atoms with van der Waals surface area (Å²) in [4.78, 5) is 11.0. The Hall–Kier alpha value is -1.50. The van der Waals surface area contributed by atoms with Crippen LogP contribution in [0, 0.1) is 0 Å². The molecule has 0 heterocycles. The number of carboxylic acids is 1. The van der Waals surface area contributed by atoms with Crippen molar-refractivity contribution in [3.8, 4) is 11.5 Å². The molecule has 0 saturated heterocycles. The van der Waals surface area contributed by atoms with Gasteiger partial charge in [-0.05, 0) is 18.2 Å². The predicted molar refractivity (Wildman–Crippen MR) is 67.2 cm³/mol. The van der Waals surface area contributed by atoms with Crippen LogP contribution in [0.5, 0.6) is 11.5 Å². The van der Waals surface area contributed by atoms with Crippen molar-refractivity contribution in [2.24, 2.45) is 0 Å². The molecular formula is C11H7IO4. The van der Waals surface area contributed by atoms with Gasteiger partial charge in [-0.3, -0.25) is 0 Å². The molecular weight excluding hydrogens is 323 g/mol. The van der Waals surface area contributed by atoms with Crippen LogP contribution in [-0.4, -0.2) is 16.2 Å². The fraction of sp³-hybridized carbons (Fsp3) is 0. The number of fused-ring (bicyclic) bond motifs is 1. The normalized spacial score (nSPS) is 10.3. The molecule has 0 aliphatic heterocycles. The molecule has 0 aliphatic rings. The first-order chi connectivity index (χ1) is 7.65. The van der Waals surface area contributed by atoms with E-state index in [0.717, 1.165) is 0 Å². The van der Waals surface area contributed by atoms with Gasteiger partial charge in [0.2, 0.25) is 0 Å². The van der Waals surface area contributed by atoms with Gasteiger partial charge in [0.05, 0.1) is 0 Å². The maximum absolute atomic E-state index is 11.0. The third-order valence-electron chi connectivity index (χ3n) is 2.30. The number of aromatic hydroxyl groups is 1. The molecule has 0 aliphatic carbocycles. The highest BCUT2D eigenvalue weighted by atomic mass is 127. The number of rotatable bonds is 2. The van der Waals surface area contributed by atoms with Gasteiger partial charge >= 0.3 is 5.97 Å². The number of aromatic carboxylic acids is 1. The molecule has 0 atom stereocenters. The first kappa shape index (κ1) is 11.0. The van der Waals surface area contributed by atoms with E-state index in [1.165, 1.54) is 6.07 Å². The topological polar surface area (TPSA) is 66.8 Å². The minimum Gasteiger partial charge on any atom is -0.507 e. The highest BCUT2D eigenvalue weighted by molar-refractivity contribution is 14.1.